The Morgan fingerprint density at radius 1 is 1.54 bits per heavy atom. The van der Waals surface area contributed by atoms with Gasteiger partial charge in [0.2, 0.25) is 5.01 Å². The molecule has 1 rings (SSSR count). The van der Waals surface area contributed by atoms with Gasteiger partial charge in [-0.3, -0.25) is 0 Å². The normalized spacial score (nSPS) is 10.0. The fourth-order valence-corrected chi connectivity index (χ4v) is 2.31. The molecule has 1 aromatic heterocycles. The summed E-state index contributed by atoms with van der Waals surface area (Å²) in [5.74, 6) is 0.542. The molecule has 13 heavy (non-hydrogen) atoms. The molecule has 0 saturated carbocycles. The molecule has 0 saturated heterocycles. The lowest BCUT2D eigenvalue weighted by molar-refractivity contribution is 0.0525. The second-order valence-corrected chi connectivity index (χ2v) is 4.52. The van der Waals surface area contributed by atoms with E-state index in [1.54, 1.807) is 18.7 Å². The van der Waals surface area contributed by atoms with Crippen LogP contribution in [0.2, 0.25) is 0 Å². The van der Waals surface area contributed by atoms with Gasteiger partial charge in [-0.05, 0) is 12.7 Å². The van der Waals surface area contributed by atoms with Crippen molar-refractivity contribution in [3.63, 3.8) is 0 Å². The van der Waals surface area contributed by atoms with Crippen LogP contribution in [0.5, 0.6) is 0 Å². The maximum Gasteiger partial charge on any atom is 0.369 e. The minimum absolute atomic E-state index is 0.331. The van der Waals surface area contributed by atoms with Gasteiger partial charge in [-0.2, -0.15) is 0 Å². The Morgan fingerprint density at radius 3 is 2.92 bits per heavy atom. The summed E-state index contributed by atoms with van der Waals surface area (Å²) >= 11 is 2.84. The number of hydrogen-bond donors (Lipinski definition) is 0. The Hall–Kier alpha value is -0.620. The van der Waals surface area contributed by atoms with Crippen molar-refractivity contribution in [2.75, 3.05) is 12.4 Å². The number of carbonyl (C=O) groups is 1. The van der Waals surface area contributed by atoms with Gasteiger partial charge in [0.1, 0.15) is 0 Å². The summed E-state index contributed by atoms with van der Waals surface area (Å²) in [6, 6.07) is 0. The lowest BCUT2D eigenvalue weighted by Gasteiger charge is -1.94. The first-order chi connectivity index (χ1) is 6.27. The van der Waals surface area contributed by atoms with E-state index in [1.165, 1.54) is 11.3 Å². The summed E-state index contributed by atoms with van der Waals surface area (Å²) in [4.78, 5) is 11.1. The van der Waals surface area contributed by atoms with Crippen LogP contribution >= 0.6 is 23.1 Å². The summed E-state index contributed by atoms with van der Waals surface area (Å²) < 4.78 is 5.59. The molecule has 1 aromatic rings. The molecular formula is C7H10N2O2S2. The Balaban J connectivity index is 2.62. The molecule has 0 fully saturated rings. The van der Waals surface area contributed by atoms with Gasteiger partial charge in [0, 0.05) is 0 Å². The van der Waals surface area contributed by atoms with E-state index in [2.05, 4.69) is 10.2 Å². The van der Waals surface area contributed by atoms with E-state index >= 15 is 0 Å². The number of hydrogen-bond acceptors (Lipinski definition) is 6. The fourth-order valence-electron chi connectivity index (χ4n) is 0.667. The van der Waals surface area contributed by atoms with Gasteiger partial charge in [0.15, 0.2) is 4.34 Å². The van der Waals surface area contributed by atoms with Crippen LogP contribution in [-0.4, -0.2) is 28.5 Å². The van der Waals surface area contributed by atoms with Gasteiger partial charge < -0.3 is 4.74 Å². The van der Waals surface area contributed by atoms with Crippen molar-refractivity contribution in [2.45, 2.75) is 18.2 Å². The van der Waals surface area contributed by atoms with E-state index in [1.807, 2.05) is 6.92 Å². The molecule has 0 aliphatic rings. The van der Waals surface area contributed by atoms with Crippen LogP contribution in [0.25, 0.3) is 0 Å². The van der Waals surface area contributed by atoms with Crippen molar-refractivity contribution in [2.24, 2.45) is 0 Å². The van der Waals surface area contributed by atoms with Gasteiger partial charge in [0.05, 0.1) is 6.61 Å². The topological polar surface area (TPSA) is 52.1 Å². The predicted molar refractivity (Wildman–Crippen MR) is 52.3 cm³/mol. The summed E-state index contributed by atoms with van der Waals surface area (Å²) in [7, 11) is 0. The number of aromatic nitrogens is 2. The fraction of sp³-hybridized carbons (Fsp3) is 0.571. The van der Waals surface area contributed by atoms with Crippen LogP contribution in [0.3, 0.4) is 0 Å². The van der Waals surface area contributed by atoms with E-state index < -0.39 is 0 Å². The quantitative estimate of drug-likeness (QED) is 0.570. The standard InChI is InChI=1S/C7H10N2O2S2/c1-3-11-6(10)5-8-9-7(13-5)12-4-2/h3-4H2,1-2H3. The second kappa shape index (κ2) is 5.18. The Morgan fingerprint density at radius 2 is 2.31 bits per heavy atom. The second-order valence-electron chi connectivity index (χ2n) is 2.03. The van der Waals surface area contributed by atoms with Crippen molar-refractivity contribution in [3.8, 4) is 0 Å². The highest BCUT2D eigenvalue weighted by Gasteiger charge is 2.13. The molecule has 6 heteroatoms. The highest BCUT2D eigenvalue weighted by molar-refractivity contribution is 8.01. The number of esters is 1. The molecule has 0 amide bonds. The molecule has 1 heterocycles. The molecule has 0 radical (unpaired) electrons. The number of ether oxygens (including phenoxy) is 1. The average Bonchev–Trinajstić information content (AvgIpc) is 2.54. The summed E-state index contributed by atoms with van der Waals surface area (Å²) in [6.45, 7) is 4.16. The first kappa shape index (κ1) is 10.5. The molecule has 4 nitrogen and oxygen atoms in total. The van der Waals surface area contributed by atoms with E-state index in [9.17, 15) is 4.79 Å². The van der Waals surface area contributed by atoms with Crippen molar-refractivity contribution < 1.29 is 9.53 Å². The molecule has 0 bridgehead atoms. The van der Waals surface area contributed by atoms with Crippen LogP contribution in [0, 0.1) is 0 Å². The number of rotatable bonds is 4. The number of thioether (sulfide) groups is 1. The molecule has 0 N–H and O–H groups in total. The zero-order valence-corrected chi connectivity index (χ0v) is 9.07. The van der Waals surface area contributed by atoms with Gasteiger partial charge in [-0.15, -0.1) is 10.2 Å². The third kappa shape index (κ3) is 2.96. The third-order valence-corrected chi connectivity index (χ3v) is 3.04. The van der Waals surface area contributed by atoms with Crippen molar-refractivity contribution in [1.29, 1.82) is 0 Å². The van der Waals surface area contributed by atoms with E-state index in [-0.39, 0.29) is 5.97 Å². The zero-order valence-electron chi connectivity index (χ0n) is 7.44. The van der Waals surface area contributed by atoms with Crippen LogP contribution in [0.4, 0.5) is 0 Å². The predicted octanol–water partition coefficient (Wildman–Crippen LogP) is 1.83. The smallest absolute Gasteiger partial charge is 0.369 e. The maximum absolute atomic E-state index is 11.1. The van der Waals surface area contributed by atoms with E-state index in [0.717, 1.165) is 10.1 Å². The monoisotopic (exact) mass is 218 g/mol. The molecule has 0 aliphatic carbocycles. The van der Waals surface area contributed by atoms with Crippen LogP contribution in [0.15, 0.2) is 4.34 Å². The Labute approximate surface area is 84.7 Å². The Kier molecular flexibility index (Phi) is 4.17. The molecule has 0 aliphatic heterocycles. The first-order valence-corrected chi connectivity index (χ1v) is 5.71. The minimum Gasteiger partial charge on any atom is -0.461 e. The molecule has 0 spiro atoms. The summed E-state index contributed by atoms with van der Waals surface area (Å²) in [5.41, 5.74) is 0. The highest BCUT2D eigenvalue weighted by atomic mass is 32.2. The van der Waals surface area contributed by atoms with E-state index in [4.69, 9.17) is 4.74 Å². The third-order valence-electron chi connectivity index (χ3n) is 1.12. The number of carbonyl (C=O) groups excluding carboxylic acids is 1. The molecule has 0 aromatic carbocycles. The highest BCUT2D eigenvalue weighted by Crippen LogP contribution is 2.22. The lowest BCUT2D eigenvalue weighted by Crippen LogP contribution is -2.03. The lowest BCUT2D eigenvalue weighted by atomic mass is 10.7. The van der Waals surface area contributed by atoms with E-state index in [0.29, 0.717) is 11.6 Å². The Bertz CT molecular complexity index is 288. The van der Waals surface area contributed by atoms with Crippen LogP contribution < -0.4 is 0 Å². The van der Waals surface area contributed by atoms with Crippen LogP contribution in [-0.2, 0) is 4.74 Å². The number of nitrogens with zero attached hydrogens (tertiary/aromatic N) is 2. The molecule has 72 valence electrons. The van der Waals surface area contributed by atoms with Gasteiger partial charge in [-0.25, -0.2) is 4.79 Å². The van der Waals surface area contributed by atoms with Crippen molar-refractivity contribution in [3.05, 3.63) is 5.01 Å². The van der Waals surface area contributed by atoms with Crippen LogP contribution in [0.1, 0.15) is 23.6 Å². The maximum atomic E-state index is 11.1. The molecule has 0 atom stereocenters. The van der Waals surface area contributed by atoms with Crippen molar-refractivity contribution >= 4 is 29.1 Å². The molecular weight excluding hydrogens is 208 g/mol. The summed E-state index contributed by atoms with van der Waals surface area (Å²) in [5, 5.41) is 7.90. The van der Waals surface area contributed by atoms with Gasteiger partial charge in [0.25, 0.3) is 0 Å². The zero-order chi connectivity index (χ0) is 9.68. The van der Waals surface area contributed by atoms with Gasteiger partial charge in [-0.1, -0.05) is 30.0 Å². The first-order valence-electron chi connectivity index (χ1n) is 3.91. The SMILES string of the molecule is CCOC(=O)c1nnc(SCC)s1. The minimum atomic E-state index is -0.386. The largest absolute Gasteiger partial charge is 0.461 e. The summed E-state index contributed by atoms with van der Waals surface area (Å²) in [6.07, 6.45) is 0. The average molecular weight is 218 g/mol. The molecule has 0 unspecified atom stereocenters. The van der Waals surface area contributed by atoms with Crippen molar-refractivity contribution in [1.82, 2.24) is 10.2 Å². The van der Waals surface area contributed by atoms with Gasteiger partial charge >= 0.3 is 5.97 Å².